The summed E-state index contributed by atoms with van der Waals surface area (Å²) in [5, 5.41) is 9.15. The van der Waals surface area contributed by atoms with Gasteiger partial charge in [0, 0.05) is 13.7 Å². The Labute approximate surface area is 124 Å². The number of ether oxygens (including phenoxy) is 2. The molecule has 0 aromatic carbocycles. The topological polar surface area (TPSA) is 93.1 Å². The van der Waals surface area contributed by atoms with Gasteiger partial charge in [-0.2, -0.15) is 0 Å². The summed E-state index contributed by atoms with van der Waals surface area (Å²) in [5.41, 5.74) is -0.594. The smallest absolute Gasteiger partial charge is 0.325 e. The van der Waals surface area contributed by atoms with Crippen molar-refractivity contribution in [1.82, 2.24) is 4.90 Å². The maximum Gasteiger partial charge on any atom is 0.325 e. The van der Waals surface area contributed by atoms with Crippen LogP contribution in [0.2, 0.25) is 0 Å². The summed E-state index contributed by atoms with van der Waals surface area (Å²) in [5.74, 6) is -3.15. The fourth-order valence-corrected chi connectivity index (χ4v) is 2.59. The first-order valence-electron chi connectivity index (χ1n) is 6.93. The van der Waals surface area contributed by atoms with Crippen molar-refractivity contribution in [2.24, 2.45) is 17.3 Å². The Bertz CT molecular complexity index is 420. The highest BCUT2D eigenvalue weighted by Crippen LogP contribution is 2.59. The molecule has 2 unspecified atom stereocenters. The molecule has 1 amide bonds. The highest BCUT2D eigenvalue weighted by atomic mass is 16.5. The predicted molar refractivity (Wildman–Crippen MR) is 73.5 cm³/mol. The third-order valence-electron chi connectivity index (χ3n) is 3.86. The zero-order valence-electron chi connectivity index (χ0n) is 12.9. The lowest BCUT2D eigenvalue weighted by Gasteiger charge is -2.22. The minimum Gasteiger partial charge on any atom is -0.481 e. The lowest BCUT2D eigenvalue weighted by atomic mass is 10.1. The lowest BCUT2D eigenvalue weighted by molar-refractivity contribution is -0.150. The summed E-state index contributed by atoms with van der Waals surface area (Å²) in [7, 11) is 1.49. The number of carboxylic acids is 1. The van der Waals surface area contributed by atoms with Gasteiger partial charge in [0.25, 0.3) is 0 Å². The Morgan fingerprint density at radius 2 is 1.86 bits per heavy atom. The third kappa shape index (κ3) is 3.93. The molecule has 1 aliphatic carbocycles. The maximum atomic E-state index is 12.5. The summed E-state index contributed by atoms with van der Waals surface area (Å²) in [6, 6.07) is 0. The van der Waals surface area contributed by atoms with Gasteiger partial charge in [0.05, 0.1) is 25.0 Å². The van der Waals surface area contributed by atoms with Crippen LogP contribution in [0.1, 0.15) is 20.8 Å². The molecule has 0 aromatic rings. The van der Waals surface area contributed by atoms with Crippen molar-refractivity contribution in [2.75, 3.05) is 33.4 Å². The number of hydrogen-bond acceptors (Lipinski definition) is 5. The number of aliphatic carboxylic acids is 1. The van der Waals surface area contributed by atoms with E-state index in [1.54, 1.807) is 20.8 Å². The molecule has 0 bridgehead atoms. The Hall–Kier alpha value is -1.63. The van der Waals surface area contributed by atoms with Crippen molar-refractivity contribution in [3.05, 3.63) is 0 Å². The van der Waals surface area contributed by atoms with Crippen LogP contribution in [0.15, 0.2) is 0 Å². The summed E-state index contributed by atoms with van der Waals surface area (Å²) in [4.78, 5) is 36.5. The number of carboxylic acid groups (broad SMARTS) is 1. The minimum atomic E-state index is -0.985. The normalized spacial score (nSPS) is 22.5. The second kappa shape index (κ2) is 6.89. The molecule has 2 atom stereocenters. The molecule has 0 radical (unpaired) electrons. The number of carbonyl (C=O) groups excluding carboxylic acids is 2. The highest BCUT2D eigenvalue weighted by molar-refractivity contribution is 5.93. The summed E-state index contributed by atoms with van der Waals surface area (Å²) >= 11 is 0. The maximum absolute atomic E-state index is 12.5. The van der Waals surface area contributed by atoms with Gasteiger partial charge in [0.1, 0.15) is 6.54 Å². The largest absolute Gasteiger partial charge is 0.481 e. The van der Waals surface area contributed by atoms with E-state index in [1.165, 1.54) is 12.0 Å². The molecule has 120 valence electrons. The number of rotatable bonds is 8. The lowest BCUT2D eigenvalue weighted by Crippen LogP contribution is -2.40. The van der Waals surface area contributed by atoms with E-state index >= 15 is 0 Å². The standard InChI is InChI=1S/C14H23NO6/c1-5-21-9(16)8-15(6-7-20-4)12(17)10-11(13(18)19)14(10,2)3/h10-11H,5-8H2,1-4H3,(H,18,19). The van der Waals surface area contributed by atoms with Crippen LogP contribution < -0.4 is 0 Å². The Morgan fingerprint density at radius 3 is 2.29 bits per heavy atom. The quantitative estimate of drug-likeness (QED) is 0.652. The molecule has 1 fully saturated rings. The van der Waals surface area contributed by atoms with E-state index in [2.05, 4.69) is 0 Å². The van der Waals surface area contributed by atoms with Crippen molar-refractivity contribution >= 4 is 17.8 Å². The van der Waals surface area contributed by atoms with Gasteiger partial charge in [-0.05, 0) is 12.3 Å². The van der Waals surface area contributed by atoms with Gasteiger partial charge in [0.15, 0.2) is 0 Å². The van der Waals surface area contributed by atoms with Gasteiger partial charge in [-0.1, -0.05) is 13.8 Å². The monoisotopic (exact) mass is 301 g/mol. The molecule has 0 spiro atoms. The van der Waals surface area contributed by atoms with E-state index < -0.39 is 29.2 Å². The highest BCUT2D eigenvalue weighted by Gasteiger charge is 2.66. The van der Waals surface area contributed by atoms with Gasteiger partial charge in [-0.15, -0.1) is 0 Å². The first-order valence-corrected chi connectivity index (χ1v) is 6.93. The molecule has 1 rings (SSSR count). The molecule has 7 heteroatoms. The molecule has 7 nitrogen and oxygen atoms in total. The van der Waals surface area contributed by atoms with Gasteiger partial charge in [-0.25, -0.2) is 0 Å². The fraction of sp³-hybridized carbons (Fsp3) is 0.786. The summed E-state index contributed by atoms with van der Waals surface area (Å²) in [6.07, 6.45) is 0. The molecule has 0 aliphatic heterocycles. The zero-order chi connectivity index (χ0) is 16.2. The first kappa shape index (κ1) is 17.4. The number of amides is 1. The molecular formula is C14H23NO6. The van der Waals surface area contributed by atoms with Gasteiger partial charge in [-0.3, -0.25) is 14.4 Å². The van der Waals surface area contributed by atoms with Crippen LogP contribution in [0.25, 0.3) is 0 Å². The zero-order valence-corrected chi connectivity index (χ0v) is 12.9. The Balaban J connectivity index is 2.76. The molecule has 0 saturated heterocycles. The number of nitrogens with zero attached hydrogens (tertiary/aromatic N) is 1. The van der Waals surface area contributed by atoms with Crippen LogP contribution in [0.4, 0.5) is 0 Å². The van der Waals surface area contributed by atoms with Gasteiger partial charge < -0.3 is 19.5 Å². The summed E-state index contributed by atoms with van der Waals surface area (Å²) < 4.78 is 9.77. The minimum absolute atomic E-state index is 0.186. The molecule has 1 saturated carbocycles. The molecule has 0 heterocycles. The van der Waals surface area contributed by atoms with E-state index in [1.807, 2.05) is 0 Å². The second-order valence-corrected chi connectivity index (χ2v) is 5.67. The fourth-order valence-electron chi connectivity index (χ4n) is 2.59. The van der Waals surface area contributed by atoms with Gasteiger partial charge >= 0.3 is 11.9 Å². The van der Waals surface area contributed by atoms with Crippen LogP contribution in [-0.4, -0.2) is 61.3 Å². The third-order valence-corrected chi connectivity index (χ3v) is 3.86. The average molecular weight is 301 g/mol. The number of hydrogen-bond donors (Lipinski definition) is 1. The van der Waals surface area contributed by atoms with Crippen LogP contribution in [0.3, 0.4) is 0 Å². The molecule has 21 heavy (non-hydrogen) atoms. The van der Waals surface area contributed by atoms with E-state index in [0.29, 0.717) is 0 Å². The SMILES string of the molecule is CCOC(=O)CN(CCOC)C(=O)C1C(C(=O)O)C1(C)C. The second-order valence-electron chi connectivity index (χ2n) is 5.67. The van der Waals surface area contributed by atoms with E-state index in [4.69, 9.17) is 14.6 Å². The van der Waals surface area contributed by atoms with Crippen molar-refractivity contribution in [1.29, 1.82) is 0 Å². The average Bonchev–Trinajstić information content (AvgIpc) is 2.97. The van der Waals surface area contributed by atoms with Crippen LogP contribution in [0.5, 0.6) is 0 Å². The van der Waals surface area contributed by atoms with Crippen LogP contribution in [0, 0.1) is 17.3 Å². The van der Waals surface area contributed by atoms with Crippen molar-refractivity contribution in [3.63, 3.8) is 0 Å². The van der Waals surface area contributed by atoms with E-state index in [0.717, 1.165) is 0 Å². The number of methoxy groups -OCH3 is 1. The van der Waals surface area contributed by atoms with Crippen molar-refractivity contribution in [2.45, 2.75) is 20.8 Å². The van der Waals surface area contributed by atoms with Crippen LogP contribution >= 0.6 is 0 Å². The predicted octanol–water partition coefficient (Wildman–Crippen LogP) is 0.381. The Morgan fingerprint density at radius 1 is 1.24 bits per heavy atom. The summed E-state index contributed by atoms with van der Waals surface area (Å²) in [6.45, 7) is 5.72. The number of esters is 1. The van der Waals surface area contributed by atoms with Crippen molar-refractivity contribution in [3.8, 4) is 0 Å². The first-order chi connectivity index (χ1) is 9.77. The van der Waals surface area contributed by atoms with E-state index in [9.17, 15) is 14.4 Å². The van der Waals surface area contributed by atoms with Crippen molar-refractivity contribution < 1.29 is 29.0 Å². The number of carbonyl (C=O) groups is 3. The van der Waals surface area contributed by atoms with Gasteiger partial charge in [0.2, 0.25) is 5.91 Å². The molecule has 1 aliphatic rings. The van der Waals surface area contributed by atoms with Crippen LogP contribution in [-0.2, 0) is 23.9 Å². The molecule has 0 aromatic heterocycles. The molecular weight excluding hydrogens is 278 g/mol. The molecule has 1 N–H and O–H groups in total. The van der Waals surface area contributed by atoms with E-state index in [-0.39, 0.29) is 32.2 Å². The Kier molecular flexibility index (Phi) is 5.71.